The summed E-state index contributed by atoms with van der Waals surface area (Å²) in [5, 5.41) is 12.7. The van der Waals surface area contributed by atoms with Gasteiger partial charge in [0, 0.05) is 43.0 Å². The number of anilines is 1. The quantitative estimate of drug-likeness (QED) is 0.324. The minimum absolute atomic E-state index is 0.0629. The highest BCUT2D eigenvalue weighted by molar-refractivity contribution is 7.92. The molecule has 1 heterocycles. The highest BCUT2D eigenvalue weighted by Gasteiger charge is 2.54. The Hall–Kier alpha value is -2.22. The lowest BCUT2D eigenvalue weighted by atomic mass is 9.77. The minimum Gasteiger partial charge on any atom is -0.387 e. The molecule has 2 bridgehead atoms. The maximum Gasteiger partial charge on any atom is 0.255 e. The minimum atomic E-state index is -4.02. The molecule has 41 heavy (non-hydrogen) atoms. The Balaban J connectivity index is 1.26. The lowest BCUT2D eigenvalue weighted by molar-refractivity contribution is -0.0865. The molecule has 0 aromatic heterocycles. The van der Waals surface area contributed by atoms with Crippen LogP contribution in [0.25, 0.3) is 0 Å². The molecule has 1 saturated heterocycles. The monoisotopic (exact) mass is 616 g/mol. The standard InChI is InChI=1S/C28H32ClF3N2O6S/c29-21-4-3-17(27(35)33-20-12-22(30)25(32)23(31)13-20)11-24(21)41(37,38)26-18-1-2-19(26)15-28(36,14-18)16-40-10-7-34-5-8-39-9-6-34/h3-4,11-13,18-19,26,36H,1-2,5-10,14-16H2,(H,33,35)/t18-,19?,26?,28+/m0/s1. The van der Waals surface area contributed by atoms with Crippen molar-refractivity contribution < 1.29 is 41.0 Å². The summed E-state index contributed by atoms with van der Waals surface area (Å²) in [6.45, 7) is 4.37. The number of hydrogen-bond acceptors (Lipinski definition) is 7. The molecule has 2 saturated carbocycles. The SMILES string of the molecule is O=C(Nc1cc(F)c(F)c(F)c1)c1ccc(Cl)c(S(=O)(=O)C2C3CC[C@H]2C[C@](O)(COCCN2CCOCC2)C3)c1. The number of amides is 1. The van der Waals surface area contributed by atoms with E-state index >= 15 is 0 Å². The van der Waals surface area contributed by atoms with Crippen molar-refractivity contribution in [3.05, 3.63) is 58.4 Å². The molecule has 0 spiro atoms. The number of ether oxygens (including phenoxy) is 2. The number of sulfone groups is 1. The molecular weight excluding hydrogens is 585 g/mol. The largest absolute Gasteiger partial charge is 0.387 e. The summed E-state index contributed by atoms with van der Waals surface area (Å²) < 4.78 is 79.4. The molecular formula is C28H32ClF3N2O6S. The first-order valence-corrected chi connectivity index (χ1v) is 15.5. The summed E-state index contributed by atoms with van der Waals surface area (Å²) in [6.07, 6.45) is 1.79. The maximum atomic E-state index is 13.9. The molecule has 3 aliphatic rings. The van der Waals surface area contributed by atoms with Crippen molar-refractivity contribution in [3.63, 3.8) is 0 Å². The van der Waals surface area contributed by atoms with E-state index in [4.69, 9.17) is 21.1 Å². The van der Waals surface area contributed by atoms with Crippen molar-refractivity contribution >= 4 is 33.0 Å². The van der Waals surface area contributed by atoms with Gasteiger partial charge in [0.1, 0.15) is 0 Å². The van der Waals surface area contributed by atoms with Crippen LogP contribution in [0.2, 0.25) is 5.02 Å². The summed E-state index contributed by atoms with van der Waals surface area (Å²) in [4.78, 5) is 14.8. The van der Waals surface area contributed by atoms with Crippen molar-refractivity contribution in [1.82, 2.24) is 4.90 Å². The Labute approximate surface area is 241 Å². The third-order valence-corrected chi connectivity index (χ3v) is 11.1. The number of halogens is 4. The third kappa shape index (κ3) is 6.57. The average molecular weight is 617 g/mol. The number of rotatable bonds is 9. The van der Waals surface area contributed by atoms with Crippen LogP contribution in [-0.2, 0) is 19.3 Å². The van der Waals surface area contributed by atoms with E-state index in [2.05, 4.69) is 10.2 Å². The number of carbonyl (C=O) groups is 1. The molecule has 2 aromatic rings. The molecule has 3 fully saturated rings. The molecule has 2 aromatic carbocycles. The Kier molecular flexibility index (Phi) is 8.98. The molecule has 1 aliphatic heterocycles. The zero-order valence-corrected chi connectivity index (χ0v) is 23.8. The average Bonchev–Trinajstić information content (AvgIpc) is 3.23. The van der Waals surface area contributed by atoms with Crippen molar-refractivity contribution in [3.8, 4) is 0 Å². The Bertz CT molecular complexity index is 1370. The second-order valence-electron chi connectivity index (χ2n) is 11.1. The van der Waals surface area contributed by atoms with E-state index in [1.54, 1.807) is 0 Å². The predicted octanol–water partition coefficient (Wildman–Crippen LogP) is 4.05. The van der Waals surface area contributed by atoms with Crippen LogP contribution in [0.3, 0.4) is 0 Å². The van der Waals surface area contributed by atoms with Gasteiger partial charge in [0.05, 0.1) is 47.2 Å². The van der Waals surface area contributed by atoms with Crippen molar-refractivity contribution in [1.29, 1.82) is 0 Å². The smallest absolute Gasteiger partial charge is 0.255 e. The van der Waals surface area contributed by atoms with E-state index < -0.39 is 44.0 Å². The van der Waals surface area contributed by atoms with Gasteiger partial charge in [-0.25, -0.2) is 21.6 Å². The van der Waals surface area contributed by atoms with Crippen LogP contribution in [0.5, 0.6) is 0 Å². The number of carbonyl (C=O) groups excluding carboxylic acids is 1. The Morgan fingerprint density at radius 2 is 1.73 bits per heavy atom. The summed E-state index contributed by atoms with van der Waals surface area (Å²) in [6, 6.07) is 4.94. The lowest BCUT2D eigenvalue weighted by Gasteiger charge is -2.40. The Morgan fingerprint density at radius 1 is 1.10 bits per heavy atom. The van der Waals surface area contributed by atoms with E-state index in [0.717, 1.165) is 25.7 Å². The van der Waals surface area contributed by atoms with Crippen LogP contribution in [0.15, 0.2) is 35.2 Å². The van der Waals surface area contributed by atoms with Crippen LogP contribution in [-0.4, -0.2) is 81.2 Å². The van der Waals surface area contributed by atoms with Crippen LogP contribution in [0, 0.1) is 29.3 Å². The van der Waals surface area contributed by atoms with Gasteiger partial charge in [0.25, 0.3) is 5.91 Å². The fraction of sp³-hybridized carbons (Fsp3) is 0.536. The molecule has 8 nitrogen and oxygen atoms in total. The number of nitrogens with one attached hydrogen (secondary N) is 1. The summed E-state index contributed by atoms with van der Waals surface area (Å²) in [5.41, 5.74) is -1.57. The van der Waals surface area contributed by atoms with Crippen LogP contribution in [0.4, 0.5) is 18.9 Å². The van der Waals surface area contributed by atoms with Gasteiger partial charge in [-0.05, 0) is 55.7 Å². The number of benzene rings is 2. The molecule has 13 heteroatoms. The third-order valence-electron chi connectivity index (χ3n) is 8.25. The van der Waals surface area contributed by atoms with Crippen LogP contribution < -0.4 is 5.32 Å². The first-order chi connectivity index (χ1) is 19.5. The van der Waals surface area contributed by atoms with Crippen LogP contribution in [0.1, 0.15) is 36.0 Å². The van der Waals surface area contributed by atoms with E-state index in [9.17, 15) is 31.5 Å². The number of nitrogens with zero attached hydrogens (tertiary/aromatic N) is 1. The summed E-state index contributed by atoms with van der Waals surface area (Å²) in [5.74, 6) is -6.10. The first-order valence-electron chi connectivity index (χ1n) is 13.6. The molecule has 2 N–H and O–H groups in total. The van der Waals surface area contributed by atoms with Gasteiger partial charge in [0.15, 0.2) is 27.3 Å². The van der Waals surface area contributed by atoms with Gasteiger partial charge in [-0.1, -0.05) is 11.6 Å². The molecule has 5 rings (SSSR count). The number of fused-ring (bicyclic) bond motifs is 2. The van der Waals surface area contributed by atoms with Crippen molar-refractivity contribution in [2.45, 2.75) is 41.4 Å². The summed E-state index contributed by atoms with van der Waals surface area (Å²) >= 11 is 6.31. The van der Waals surface area contributed by atoms with Gasteiger partial charge >= 0.3 is 0 Å². The number of aliphatic hydroxyl groups is 1. The molecule has 1 amide bonds. The highest BCUT2D eigenvalue weighted by atomic mass is 35.5. The van der Waals surface area contributed by atoms with E-state index in [1.807, 2.05) is 0 Å². The van der Waals surface area contributed by atoms with Crippen LogP contribution >= 0.6 is 11.6 Å². The van der Waals surface area contributed by atoms with E-state index in [1.165, 1.54) is 12.1 Å². The van der Waals surface area contributed by atoms with E-state index in [0.29, 0.717) is 44.8 Å². The van der Waals surface area contributed by atoms with Gasteiger partial charge in [-0.15, -0.1) is 0 Å². The maximum absolute atomic E-state index is 13.9. The molecule has 2 aliphatic carbocycles. The predicted molar refractivity (Wildman–Crippen MR) is 145 cm³/mol. The highest BCUT2D eigenvalue weighted by Crippen LogP contribution is 2.51. The summed E-state index contributed by atoms with van der Waals surface area (Å²) in [7, 11) is -4.02. The zero-order chi connectivity index (χ0) is 29.4. The second-order valence-corrected chi connectivity index (χ2v) is 13.6. The first kappa shape index (κ1) is 30.2. The fourth-order valence-corrected chi connectivity index (χ4v) is 9.23. The van der Waals surface area contributed by atoms with Gasteiger partial charge in [-0.2, -0.15) is 0 Å². The van der Waals surface area contributed by atoms with Crippen molar-refractivity contribution in [2.24, 2.45) is 11.8 Å². The molecule has 224 valence electrons. The topological polar surface area (TPSA) is 105 Å². The second kappa shape index (κ2) is 12.2. The number of hydrogen-bond donors (Lipinski definition) is 2. The molecule has 0 radical (unpaired) electrons. The van der Waals surface area contributed by atoms with Crippen molar-refractivity contribution in [2.75, 3.05) is 51.4 Å². The normalized spacial score (nSPS) is 26.7. The Morgan fingerprint density at radius 3 is 2.37 bits per heavy atom. The van der Waals surface area contributed by atoms with Gasteiger partial charge < -0.3 is 19.9 Å². The fourth-order valence-electron chi connectivity index (χ4n) is 6.38. The van der Waals surface area contributed by atoms with E-state index in [-0.39, 0.29) is 52.5 Å². The molecule has 2 unspecified atom stereocenters. The molecule has 4 atom stereocenters. The number of morpholine rings is 1. The van der Waals surface area contributed by atoms with Gasteiger partial charge in [0.2, 0.25) is 0 Å². The lowest BCUT2D eigenvalue weighted by Crippen LogP contribution is -2.49. The zero-order valence-electron chi connectivity index (χ0n) is 22.3. The van der Waals surface area contributed by atoms with Gasteiger partial charge in [-0.3, -0.25) is 9.69 Å².